The molecule has 1 aromatic carbocycles. The average Bonchev–Trinajstić information content (AvgIpc) is 2.48. The lowest BCUT2D eigenvalue weighted by Gasteiger charge is -2.20. The number of aromatic nitrogens is 1. The van der Waals surface area contributed by atoms with Crippen molar-refractivity contribution in [3.63, 3.8) is 0 Å². The second-order valence-electron chi connectivity index (χ2n) is 5.14. The first-order chi connectivity index (χ1) is 10.1. The number of thiocarbonyl (C=S) groups is 1. The highest BCUT2D eigenvalue weighted by Gasteiger charge is 2.11. The van der Waals surface area contributed by atoms with Crippen molar-refractivity contribution in [2.75, 3.05) is 5.32 Å². The van der Waals surface area contributed by atoms with Crippen LogP contribution in [-0.4, -0.2) is 10.1 Å². The second-order valence-corrected chi connectivity index (χ2v) is 5.55. The smallest absolute Gasteiger partial charge is 0.172 e. The minimum Gasteiger partial charge on any atom is -0.356 e. The summed E-state index contributed by atoms with van der Waals surface area (Å²) in [6.45, 7) is 6.25. The van der Waals surface area contributed by atoms with Crippen molar-refractivity contribution in [2.45, 2.75) is 33.2 Å². The van der Waals surface area contributed by atoms with Gasteiger partial charge in [-0.1, -0.05) is 42.8 Å². The van der Waals surface area contributed by atoms with Crippen LogP contribution in [-0.2, 0) is 0 Å². The predicted molar refractivity (Wildman–Crippen MR) is 92.5 cm³/mol. The number of hydrogen-bond acceptors (Lipinski definition) is 2. The summed E-state index contributed by atoms with van der Waals surface area (Å²) in [5, 5.41) is 7.12. The Morgan fingerprint density at radius 1 is 1.19 bits per heavy atom. The number of pyridine rings is 1. The molecule has 0 aliphatic rings. The van der Waals surface area contributed by atoms with Crippen molar-refractivity contribution in [1.82, 2.24) is 10.3 Å². The van der Waals surface area contributed by atoms with Crippen molar-refractivity contribution >= 4 is 23.1 Å². The lowest BCUT2D eigenvalue weighted by Crippen LogP contribution is -2.32. The summed E-state index contributed by atoms with van der Waals surface area (Å²) in [5.74, 6) is 0.800. The van der Waals surface area contributed by atoms with Crippen molar-refractivity contribution < 1.29 is 0 Å². The van der Waals surface area contributed by atoms with Crippen LogP contribution in [0.15, 0.2) is 42.6 Å². The van der Waals surface area contributed by atoms with Crippen molar-refractivity contribution in [3.05, 3.63) is 59.3 Å². The average molecular weight is 299 g/mol. The van der Waals surface area contributed by atoms with Gasteiger partial charge in [-0.3, -0.25) is 0 Å². The van der Waals surface area contributed by atoms with Crippen LogP contribution in [0, 0.1) is 13.8 Å². The van der Waals surface area contributed by atoms with Gasteiger partial charge in [0.15, 0.2) is 5.11 Å². The maximum absolute atomic E-state index is 5.40. The summed E-state index contributed by atoms with van der Waals surface area (Å²) in [7, 11) is 0. The molecule has 0 spiro atoms. The summed E-state index contributed by atoms with van der Waals surface area (Å²) in [6, 6.07) is 12.7. The Kier molecular flexibility index (Phi) is 5.28. The zero-order valence-corrected chi connectivity index (χ0v) is 13.5. The van der Waals surface area contributed by atoms with Crippen molar-refractivity contribution in [3.8, 4) is 0 Å². The SMILES string of the molecule is CC[C@H](NC(=S)Nc1ncccc1C)c1ccc(C)cc1. The molecule has 2 rings (SSSR count). The number of rotatable bonds is 4. The highest BCUT2D eigenvalue weighted by atomic mass is 32.1. The van der Waals surface area contributed by atoms with Gasteiger partial charge < -0.3 is 10.6 Å². The lowest BCUT2D eigenvalue weighted by atomic mass is 10.0. The molecule has 0 saturated heterocycles. The van der Waals surface area contributed by atoms with Crippen LogP contribution < -0.4 is 10.6 Å². The van der Waals surface area contributed by atoms with Gasteiger partial charge in [0.1, 0.15) is 5.82 Å². The summed E-state index contributed by atoms with van der Waals surface area (Å²) in [4.78, 5) is 4.30. The fourth-order valence-electron chi connectivity index (χ4n) is 2.14. The van der Waals surface area contributed by atoms with E-state index in [2.05, 4.69) is 53.7 Å². The van der Waals surface area contributed by atoms with Crippen LogP contribution in [0.2, 0.25) is 0 Å². The number of benzene rings is 1. The van der Waals surface area contributed by atoms with E-state index in [0.717, 1.165) is 17.8 Å². The standard InChI is InChI=1S/C17H21N3S/c1-4-15(14-9-7-12(2)8-10-14)19-17(21)20-16-13(3)6-5-11-18-16/h5-11,15H,4H2,1-3H3,(H2,18,19,20,21)/t15-/m0/s1. The van der Waals surface area contributed by atoms with E-state index in [0.29, 0.717) is 5.11 Å². The Balaban J connectivity index is 2.03. The Morgan fingerprint density at radius 3 is 2.52 bits per heavy atom. The van der Waals surface area contributed by atoms with Gasteiger partial charge in [0, 0.05) is 6.20 Å². The number of hydrogen-bond donors (Lipinski definition) is 2. The largest absolute Gasteiger partial charge is 0.356 e. The first-order valence-corrected chi connectivity index (χ1v) is 7.56. The Hall–Kier alpha value is -1.94. The van der Waals surface area contributed by atoms with Crippen LogP contribution >= 0.6 is 12.2 Å². The monoisotopic (exact) mass is 299 g/mol. The molecule has 3 nitrogen and oxygen atoms in total. The summed E-state index contributed by atoms with van der Waals surface area (Å²) in [6.07, 6.45) is 2.72. The molecule has 4 heteroatoms. The van der Waals surface area contributed by atoms with Gasteiger partial charge in [0.05, 0.1) is 6.04 Å². The molecule has 0 saturated carbocycles. The number of nitrogens with one attached hydrogen (secondary N) is 2. The topological polar surface area (TPSA) is 37.0 Å². The molecule has 0 radical (unpaired) electrons. The van der Waals surface area contributed by atoms with Gasteiger partial charge in [-0.05, 0) is 49.7 Å². The zero-order valence-electron chi connectivity index (χ0n) is 12.7. The summed E-state index contributed by atoms with van der Waals surface area (Å²) in [5.41, 5.74) is 3.58. The van der Waals surface area contributed by atoms with Crippen LogP contribution in [0.25, 0.3) is 0 Å². The maximum atomic E-state index is 5.40. The Morgan fingerprint density at radius 2 is 1.90 bits per heavy atom. The fourth-order valence-corrected chi connectivity index (χ4v) is 2.38. The molecule has 0 aliphatic carbocycles. The molecule has 0 aliphatic heterocycles. The third kappa shape index (κ3) is 4.26. The van der Waals surface area contributed by atoms with Gasteiger partial charge in [-0.2, -0.15) is 0 Å². The first-order valence-electron chi connectivity index (χ1n) is 7.16. The van der Waals surface area contributed by atoms with Gasteiger partial charge in [-0.25, -0.2) is 4.98 Å². The third-order valence-electron chi connectivity index (χ3n) is 3.43. The number of aryl methyl sites for hydroxylation is 2. The van der Waals surface area contributed by atoms with Crippen LogP contribution in [0.5, 0.6) is 0 Å². The molecule has 2 N–H and O–H groups in total. The van der Waals surface area contributed by atoms with Gasteiger partial charge in [0.2, 0.25) is 0 Å². The molecule has 110 valence electrons. The first kappa shape index (κ1) is 15.4. The molecule has 0 bridgehead atoms. The molecule has 1 aromatic heterocycles. The minimum absolute atomic E-state index is 0.203. The van der Waals surface area contributed by atoms with Crippen LogP contribution in [0.1, 0.15) is 36.1 Å². The van der Waals surface area contributed by atoms with E-state index in [4.69, 9.17) is 12.2 Å². The zero-order chi connectivity index (χ0) is 15.2. The van der Waals surface area contributed by atoms with Crippen molar-refractivity contribution in [1.29, 1.82) is 0 Å². The molecular weight excluding hydrogens is 278 g/mol. The van der Waals surface area contributed by atoms with E-state index >= 15 is 0 Å². The van der Waals surface area contributed by atoms with Crippen molar-refractivity contribution in [2.24, 2.45) is 0 Å². The molecule has 2 aromatic rings. The number of anilines is 1. The molecular formula is C17H21N3S. The quantitative estimate of drug-likeness (QED) is 0.832. The Bertz CT molecular complexity index is 608. The summed E-state index contributed by atoms with van der Waals surface area (Å²) >= 11 is 5.40. The highest BCUT2D eigenvalue weighted by Crippen LogP contribution is 2.17. The van der Waals surface area contributed by atoms with Crippen LogP contribution in [0.4, 0.5) is 5.82 Å². The number of nitrogens with zero attached hydrogens (tertiary/aromatic N) is 1. The summed E-state index contributed by atoms with van der Waals surface area (Å²) < 4.78 is 0. The molecule has 0 amide bonds. The van der Waals surface area contributed by atoms with Gasteiger partial charge >= 0.3 is 0 Å². The second kappa shape index (κ2) is 7.18. The lowest BCUT2D eigenvalue weighted by molar-refractivity contribution is 0.629. The molecule has 1 atom stereocenters. The molecule has 21 heavy (non-hydrogen) atoms. The third-order valence-corrected chi connectivity index (χ3v) is 3.65. The highest BCUT2D eigenvalue weighted by molar-refractivity contribution is 7.80. The molecule has 0 fully saturated rings. The Labute approximate surface area is 131 Å². The van der Waals surface area contributed by atoms with E-state index in [1.807, 2.05) is 19.1 Å². The van der Waals surface area contributed by atoms with E-state index in [9.17, 15) is 0 Å². The normalized spacial score (nSPS) is 11.8. The fraction of sp³-hybridized carbons (Fsp3) is 0.294. The van der Waals surface area contributed by atoms with Gasteiger partial charge in [0.25, 0.3) is 0 Å². The maximum Gasteiger partial charge on any atom is 0.172 e. The van der Waals surface area contributed by atoms with E-state index in [-0.39, 0.29) is 6.04 Å². The van der Waals surface area contributed by atoms with E-state index in [1.54, 1.807) is 6.20 Å². The predicted octanol–water partition coefficient (Wildman–Crippen LogP) is 4.14. The van der Waals surface area contributed by atoms with Crippen LogP contribution in [0.3, 0.4) is 0 Å². The molecule has 0 unspecified atom stereocenters. The van der Waals surface area contributed by atoms with E-state index in [1.165, 1.54) is 11.1 Å². The minimum atomic E-state index is 0.203. The van der Waals surface area contributed by atoms with Gasteiger partial charge in [-0.15, -0.1) is 0 Å². The molecule has 1 heterocycles. The van der Waals surface area contributed by atoms with E-state index < -0.39 is 0 Å².